The normalized spacial score (nSPS) is 10.4. The fourth-order valence-electron chi connectivity index (χ4n) is 1.98. The Labute approximate surface area is 141 Å². The molecule has 2 rings (SSSR count). The SMILES string of the molecule is C=CCOc1ccc(/C=C/C(=O)NCc2cccnc2)cc1OC. The third-order valence-corrected chi connectivity index (χ3v) is 3.16. The predicted molar refractivity (Wildman–Crippen MR) is 93.8 cm³/mol. The number of nitrogens with zero attached hydrogens (tertiary/aromatic N) is 1. The van der Waals surface area contributed by atoms with Crippen LogP contribution in [-0.2, 0) is 11.3 Å². The third-order valence-electron chi connectivity index (χ3n) is 3.16. The molecule has 0 bridgehead atoms. The molecule has 0 atom stereocenters. The first kappa shape index (κ1) is 17.3. The van der Waals surface area contributed by atoms with Crippen LogP contribution in [0.4, 0.5) is 0 Å². The summed E-state index contributed by atoms with van der Waals surface area (Å²) in [6.07, 6.45) is 8.28. The molecule has 1 aromatic heterocycles. The van der Waals surface area contributed by atoms with Crippen LogP contribution in [0.5, 0.6) is 11.5 Å². The van der Waals surface area contributed by atoms with Gasteiger partial charge in [-0.3, -0.25) is 9.78 Å². The molecule has 24 heavy (non-hydrogen) atoms. The predicted octanol–water partition coefficient (Wildman–Crippen LogP) is 2.98. The highest BCUT2D eigenvalue weighted by Gasteiger charge is 2.04. The van der Waals surface area contributed by atoms with Crippen LogP contribution in [0.15, 0.2) is 61.5 Å². The van der Waals surface area contributed by atoms with Crippen molar-refractivity contribution in [1.82, 2.24) is 10.3 Å². The summed E-state index contributed by atoms with van der Waals surface area (Å²) < 4.78 is 10.8. The molecule has 0 aliphatic heterocycles. The zero-order valence-electron chi connectivity index (χ0n) is 13.6. The van der Waals surface area contributed by atoms with E-state index in [2.05, 4.69) is 16.9 Å². The van der Waals surface area contributed by atoms with Crippen LogP contribution in [0, 0.1) is 0 Å². The summed E-state index contributed by atoms with van der Waals surface area (Å²) in [5, 5.41) is 2.80. The lowest BCUT2D eigenvalue weighted by molar-refractivity contribution is -0.116. The summed E-state index contributed by atoms with van der Waals surface area (Å²) in [5.74, 6) is 1.06. The Morgan fingerprint density at radius 2 is 2.21 bits per heavy atom. The molecule has 0 fully saturated rings. The third kappa shape index (κ3) is 5.28. The first-order valence-electron chi connectivity index (χ1n) is 7.49. The molecule has 0 radical (unpaired) electrons. The monoisotopic (exact) mass is 324 g/mol. The maximum absolute atomic E-state index is 11.9. The Balaban J connectivity index is 1.95. The molecule has 0 saturated heterocycles. The second-order valence-electron chi connectivity index (χ2n) is 4.92. The lowest BCUT2D eigenvalue weighted by atomic mass is 10.2. The minimum atomic E-state index is -0.176. The number of ether oxygens (including phenoxy) is 2. The van der Waals surface area contributed by atoms with E-state index in [0.29, 0.717) is 24.7 Å². The van der Waals surface area contributed by atoms with Crippen molar-refractivity contribution in [1.29, 1.82) is 0 Å². The number of carbonyl (C=O) groups is 1. The number of carbonyl (C=O) groups excluding carboxylic acids is 1. The van der Waals surface area contributed by atoms with Crippen molar-refractivity contribution in [2.45, 2.75) is 6.54 Å². The Morgan fingerprint density at radius 3 is 2.92 bits per heavy atom. The van der Waals surface area contributed by atoms with Gasteiger partial charge in [-0.05, 0) is 35.4 Å². The lowest BCUT2D eigenvalue weighted by Crippen LogP contribution is -2.20. The molecule has 0 aliphatic carbocycles. The molecule has 0 saturated carbocycles. The molecule has 124 valence electrons. The topological polar surface area (TPSA) is 60.5 Å². The molecule has 0 unspecified atom stereocenters. The van der Waals surface area contributed by atoms with Crippen molar-refractivity contribution in [2.75, 3.05) is 13.7 Å². The molecular weight excluding hydrogens is 304 g/mol. The maximum atomic E-state index is 11.9. The van der Waals surface area contributed by atoms with Gasteiger partial charge >= 0.3 is 0 Å². The summed E-state index contributed by atoms with van der Waals surface area (Å²) in [6, 6.07) is 9.20. The van der Waals surface area contributed by atoms with Crippen LogP contribution in [-0.4, -0.2) is 24.6 Å². The Morgan fingerprint density at radius 1 is 1.33 bits per heavy atom. The van der Waals surface area contributed by atoms with E-state index >= 15 is 0 Å². The van der Waals surface area contributed by atoms with Gasteiger partial charge in [-0.2, -0.15) is 0 Å². The van der Waals surface area contributed by atoms with Crippen LogP contribution in [0.3, 0.4) is 0 Å². The van der Waals surface area contributed by atoms with Crippen molar-refractivity contribution in [3.63, 3.8) is 0 Å². The molecule has 2 aromatic rings. The summed E-state index contributed by atoms with van der Waals surface area (Å²) in [7, 11) is 1.57. The Bertz CT molecular complexity index is 712. The van der Waals surface area contributed by atoms with E-state index in [1.165, 1.54) is 6.08 Å². The fraction of sp³-hybridized carbons (Fsp3) is 0.158. The van der Waals surface area contributed by atoms with Crippen molar-refractivity contribution >= 4 is 12.0 Å². The number of hydrogen-bond donors (Lipinski definition) is 1. The standard InChI is InChI=1S/C19H20N2O3/c1-3-11-24-17-8-6-15(12-18(17)23-2)7-9-19(22)21-14-16-5-4-10-20-13-16/h3-10,12-13H,1,11,14H2,2H3,(H,21,22)/b9-7+. The van der Waals surface area contributed by atoms with Crippen LogP contribution >= 0.6 is 0 Å². The molecule has 1 amide bonds. The highest BCUT2D eigenvalue weighted by atomic mass is 16.5. The summed E-state index contributed by atoms with van der Waals surface area (Å²) in [5.41, 5.74) is 1.79. The second kappa shape index (κ2) is 9.15. The number of aromatic nitrogens is 1. The van der Waals surface area contributed by atoms with E-state index in [-0.39, 0.29) is 5.91 Å². The average molecular weight is 324 g/mol. The number of pyridine rings is 1. The molecule has 1 N–H and O–H groups in total. The first-order chi connectivity index (χ1) is 11.7. The molecule has 5 nitrogen and oxygen atoms in total. The molecule has 0 spiro atoms. The van der Waals surface area contributed by atoms with Gasteiger partial charge in [-0.25, -0.2) is 0 Å². The Hall–Kier alpha value is -3.08. The fourth-order valence-corrected chi connectivity index (χ4v) is 1.98. The molecule has 0 aliphatic rings. The van der Waals surface area contributed by atoms with Gasteiger partial charge in [-0.15, -0.1) is 0 Å². The zero-order chi connectivity index (χ0) is 17.2. The van der Waals surface area contributed by atoms with Crippen LogP contribution in [0.25, 0.3) is 6.08 Å². The Kier molecular flexibility index (Phi) is 6.58. The van der Waals surface area contributed by atoms with Gasteiger partial charge in [0.2, 0.25) is 5.91 Å². The van der Waals surface area contributed by atoms with Gasteiger partial charge in [0.1, 0.15) is 6.61 Å². The van der Waals surface area contributed by atoms with Crippen LogP contribution in [0.2, 0.25) is 0 Å². The zero-order valence-corrected chi connectivity index (χ0v) is 13.6. The van der Waals surface area contributed by atoms with E-state index in [4.69, 9.17) is 9.47 Å². The minimum absolute atomic E-state index is 0.176. The second-order valence-corrected chi connectivity index (χ2v) is 4.92. The highest BCUT2D eigenvalue weighted by Crippen LogP contribution is 2.28. The van der Waals surface area contributed by atoms with Gasteiger partial charge < -0.3 is 14.8 Å². The van der Waals surface area contributed by atoms with Crippen LogP contribution < -0.4 is 14.8 Å². The van der Waals surface area contributed by atoms with Gasteiger partial charge in [-0.1, -0.05) is 24.8 Å². The molecule has 1 aromatic carbocycles. The number of nitrogens with one attached hydrogen (secondary N) is 1. The quantitative estimate of drug-likeness (QED) is 0.599. The smallest absolute Gasteiger partial charge is 0.244 e. The molecular formula is C19H20N2O3. The van der Waals surface area contributed by atoms with E-state index in [9.17, 15) is 4.79 Å². The first-order valence-corrected chi connectivity index (χ1v) is 7.49. The molecule has 1 heterocycles. The van der Waals surface area contributed by atoms with Crippen molar-refractivity contribution in [3.8, 4) is 11.5 Å². The molecule has 5 heteroatoms. The number of hydrogen-bond acceptors (Lipinski definition) is 4. The van der Waals surface area contributed by atoms with E-state index in [1.807, 2.05) is 24.3 Å². The highest BCUT2D eigenvalue weighted by molar-refractivity contribution is 5.91. The lowest BCUT2D eigenvalue weighted by Gasteiger charge is -2.09. The van der Waals surface area contributed by atoms with Gasteiger partial charge in [0, 0.05) is 25.0 Å². The largest absolute Gasteiger partial charge is 0.493 e. The number of rotatable bonds is 8. The van der Waals surface area contributed by atoms with E-state index < -0.39 is 0 Å². The number of amides is 1. The minimum Gasteiger partial charge on any atom is -0.493 e. The van der Waals surface area contributed by atoms with Crippen molar-refractivity contribution in [3.05, 3.63) is 72.6 Å². The number of methoxy groups -OCH3 is 1. The summed E-state index contributed by atoms with van der Waals surface area (Å²) in [4.78, 5) is 15.9. The summed E-state index contributed by atoms with van der Waals surface area (Å²) in [6.45, 7) is 4.46. The van der Waals surface area contributed by atoms with Gasteiger partial charge in [0.25, 0.3) is 0 Å². The van der Waals surface area contributed by atoms with E-state index in [1.54, 1.807) is 37.7 Å². The summed E-state index contributed by atoms with van der Waals surface area (Å²) >= 11 is 0. The van der Waals surface area contributed by atoms with Crippen molar-refractivity contribution in [2.24, 2.45) is 0 Å². The maximum Gasteiger partial charge on any atom is 0.244 e. The van der Waals surface area contributed by atoms with Crippen LogP contribution in [0.1, 0.15) is 11.1 Å². The van der Waals surface area contributed by atoms with E-state index in [0.717, 1.165) is 11.1 Å². The number of benzene rings is 1. The van der Waals surface area contributed by atoms with Gasteiger partial charge in [0.15, 0.2) is 11.5 Å². The average Bonchev–Trinajstić information content (AvgIpc) is 2.64. The van der Waals surface area contributed by atoms with Crippen molar-refractivity contribution < 1.29 is 14.3 Å². The van der Waals surface area contributed by atoms with Gasteiger partial charge in [0.05, 0.1) is 7.11 Å².